The Bertz CT molecular complexity index is 54.5. The van der Waals surface area contributed by atoms with Crippen LogP contribution in [0.5, 0.6) is 0 Å². The molecule has 3 N–H and O–H groups in total. The third-order valence-electron chi connectivity index (χ3n) is 0.665. The van der Waals surface area contributed by atoms with Gasteiger partial charge < -0.3 is 4.72 Å². The fourth-order valence-corrected chi connectivity index (χ4v) is 0.343. The molecule has 0 amide bonds. The molecule has 0 fully saturated rings. The second-order valence-corrected chi connectivity index (χ2v) is 3.07. The predicted molar refractivity (Wildman–Crippen MR) is 32.0 cm³/mol. The van der Waals surface area contributed by atoms with E-state index in [9.17, 15) is 0 Å². The van der Waals surface area contributed by atoms with Gasteiger partial charge in [-0.2, -0.15) is 0 Å². The van der Waals surface area contributed by atoms with Gasteiger partial charge >= 0.3 is 15.4 Å². The third-order valence-corrected chi connectivity index (χ3v) is 1.50. The predicted octanol–water partition coefficient (Wildman–Crippen LogP) is -1.27. The lowest BCUT2D eigenvalue weighted by molar-refractivity contribution is -0.159. The monoisotopic (exact) mass is 134 g/mol. The first-order valence-corrected chi connectivity index (χ1v) is 4.08. The summed E-state index contributed by atoms with van der Waals surface area (Å²) in [6, 6.07) is 0. The summed E-state index contributed by atoms with van der Waals surface area (Å²) in [5, 5.41) is 0. The van der Waals surface area contributed by atoms with Gasteiger partial charge in [0.25, 0.3) is 0 Å². The van der Waals surface area contributed by atoms with Crippen molar-refractivity contribution in [1.82, 2.24) is 5.64 Å². The molecule has 0 saturated heterocycles. The van der Waals surface area contributed by atoms with Gasteiger partial charge in [0.05, 0.1) is 7.11 Å². The Hall–Kier alpha value is 0.372. The van der Waals surface area contributed by atoms with Gasteiger partial charge in [-0.25, -0.2) is 0 Å². The Morgan fingerprint density at radius 3 is 2.75 bits per heavy atom. The summed E-state index contributed by atoms with van der Waals surface area (Å²) in [4.78, 5) is 9.35. The molecule has 4 nitrogen and oxygen atoms in total. The van der Waals surface area contributed by atoms with E-state index in [1.807, 2.05) is 6.92 Å². The minimum Gasteiger partial charge on any atom is -0.414 e. The third kappa shape index (κ3) is 4.53. The molecule has 0 heterocycles. The molecular formula is C3H11AlN2O2. The van der Waals surface area contributed by atoms with E-state index in [1.54, 1.807) is 0 Å². The van der Waals surface area contributed by atoms with Gasteiger partial charge in [0.2, 0.25) is 0 Å². The summed E-state index contributed by atoms with van der Waals surface area (Å²) in [5.41, 5.74) is 2.25. The van der Waals surface area contributed by atoms with Gasteiger partial charge in [0.15, 0.2) is 0 Å². The van der Waals surface area contributed by atoms with Crippen molar-refractivity contribution in [3.05, 3.63) is 0 Å². The van der Waals surface area contributed by atoms with Gasteiger partial charge in [0, 0.05) is 4.97 Å². The van der Waals surface area contributed by atoms with Crippen molar-refractivity contribution in [2.24, 2.45) is 4.72 Å². The van der Waals surface area contributed by atoms with Gasteiger partial charge in [0.1, 0.15) is 0 Å². The quantitative estimate of drug-likeness (QED) is 0.371. The average Bonchev–Trinajstić information content (AvgIpc) is 1.83. The van der Waals surface area contributed by atoms with Crippen LogP contribution >= 0.6 is 0 Å². The van der Waals surface area contributed by atoms with Crippen LogP contribution in [0.25, 0.3) is 0 Å². The zero-order valence-corrected chi connectivity index (χ0v) is 6.59. The Balaban J connectivity index is 2.86. The van der Waals surface area contributed by atoms with Crippen LogP contribution in [0.3, 0.4) is 0 Å². The van der Waals surface area contributed by atoms with Crippen molar-refractivity contribution in [3.8, 4) is 0 Å². The molecule has 0 bridgehead atoms. The van der Waals surface area contributed by atoms with E-state index in [-0.39, 0.29) is 4.97 Å². The van der Waals surface area contributed by atoms with E-state index < -0.39 is 15.4 Å². The van der Waals surface area contributed by atoms with Crippen molar-refractivity contribution in [2.45, 2.75) is 11.9 Å². The number of rotatable bonds is 4. The fraction of sp³-hybridized carbons (Fsp3) is 1.00. The average molecular weight is 134 g/mol. The zero-order valence-electron chi connectivity index (χ0n) is 5.18. The minimum absolute atomic E-state index is 0.134. The second kappa shape index (κ2) is 5.51. The van der Waals surface area contributed by atoms with Crippen LogP contribution < -0.4 is 10.4 Å². The molecule has 1 unspecified atom stereocenters. The molecule has 5 heteroatoms. The molecule has 48 valence electrons. The summed E-state index contributed by atoms with van der Waals surface area (Å²) in [7, 11) is 1.49. The Labute approximate surface area is 55.2 Å². The smallest absolute Gasteiger partial charge is 0.382 e. The molecule has 0 aliphatic rings. The molecule has 0 aromatic carbocycles. The number of nitrogens with two attached hydrogens (primary N) is 1. The lowest BCUT2D eigenvalue weighted by Gasteiger charge is -2.06. The van der Waals surface area contributed by atoms with E-state index in [1.165, 1.54) is 7.11 Å². The molecule has 0 radical (unpaired) electrons. The maximum atomic E-state index is 5.33. The van der Waals surface area contributed by atoms with Crippen LogP contribution in [0, 0.1) is 0 Å². The second-order valence-electron chi connectivity index (χ2n) is 1.45. The zero-order chi connectivity index (χ0) is 6.41. The summed E-state index contributed by atoms with van der Waals surface area (Å²) in [6.07, 6.45) is 0. The maximum Gasteiger partial charge on any atom is 0.382 e. The molecule has 0 spiro atoms. The molecule has 8 heavy (non-hydrogen) atoms. The Kier molecular flexibility index (Phi) is 5.76. The minimum atomic E-state index is -0.547. The van der Waals surface area contributed by atoms with Crippen LogP contribution in [-0.2, 0) is 9.68 Å². The standard InChI is InChI=1S/C3H8NO2.Al.H2N.H/c1-3-6-4-5-2;;;/h3-4H,1-2H3;;1H2;/q;+1;-1;. The highest BCUT2D eigenvalue weighted by atomic mass is 27.1. The first-order chi connectivity index (χ1) is 3.81. The molecule has 0 aliphatic heterocycles. The van der Waals surface area contributed by atoms with Crippen LogP contribution in [0.2, 0.25) is 0 Å². The number of nitrogens with one attached hydrogen (secondary N) is 1. The van der Waals surface area contributed by atoms with Gasteiger partial charge in [-0.1, -0.05) is 5.64 Å². The van der Waals surface area contributed by atoms with Gasteiger partial charge in [-0.15, -0.1) is 0 Å². The highest BCUT2D eigenvalue weighted by Crippen LogP contribution is 1.77. The highest BCUT2D eigenvalue weighted by molar-refractivity contribution is 6.32. The van der Waals surface area contributed by atoms with Crippen molar-refractivity contribution in [3.63, 3.8) is 0 Å². The molecule has 0 saturated carbocycles. The number of hydrogen-bond donors (Lipinski definition) is 2. The lowest BCUT2D eigenvalue weighted by Crippen LogP contribution is -2.30. The Morgan fingerprint density at radius 2 is 2.38 bits per heavy atom. The van der Waals surface area contributed by atoms with Crippen LogP contribution in [0.1, 0.15) is 6.92 Å². The van der Waals surface area contributed by atoms with Crippen LogP contribution in [-0.4, -0.2) is 27.5 Å². The topological polar surface area (TPSA) is 56.5 Å². The van der Waals surface area contributed by atoms with E-state index in [4.69, 9.17) is 9.55 Å². The maximum absolute atomic E-state index is 5.33. The lowest BCUT2D eigenvalue weighted by atomic mass is 10.9. The molecule has 1 atom stereocenters. The summed E-state index contributed by atoms with van der Waals surface area (Å²) >= 11 is -0.547. The van der Waals surface area contributed by atoms with Crippen molar-refractivity contribution >= 4 is 15.4 Å². The highest BCUT2D eigenvalue weighted by Gasteiger charge is 1.99. The van der Waals surface area contributed by atoms with Crippen LogP contribution in [0.4, 0.5) is 0 Å². The van der Waals surface area contributed by atoms with Crippen molar-refractivity contribution < 1.29 is 9.68 Å². The summed E-state index contributed by atoms with van der Waals surface area (Å²) in [5.74, 6) is 0. The molecule has 0 aromatic heterocycles. The summed E-state index contributed by atoms with van der Waals surface area (Å²) in [6.45, 7) is 1.90. The van der Waals surface area contributed by atoms with Crippen molar-refractivity contribution in [1.29, 1.82) is 0 Å². The Morgan fingerprint density at radius 1 is 1.75 bits per heavy atom. The first-order valence-electron chi connectivity index (χ1n) is 2.45. The largest absolute Gasteiger partial charge is 0.414 e. The molecule has 0 aromatic rings. The van der Waals surface area contributed by atoms with E-state index in [2.05, 4.69) is 10.5 Å². The summed E-state index contributed by atoms with van der Waals surface area (Å²) < 4.78 is 5.33. The van der Waals surface area contributed by atoms with E-state index in [0.29, 0.717) is 0 Å². The molecule has 0 rings (SSSR count). The van der Waals surface area contributed by atoms with Gasteiger partial charge in [-0.3, -0.25) is 9.68 Å². The normalized spacial score (nSPS) is 13.4. The van der Waals surface area contributed by atoms with Crippen LogP contribution in [0.15, 0.2) is 0 Å². The van der Waals surface area contributed by atoms with E-state index in [0.717, 1.165) is 0 Å². The van der Waals surface area contributed by atoms with E-state index >= 15 is 0 Å². The number of hydrogen-bond acceptors (Lipinski definition) is 4. The molecule has 0 aliphatic carbocycles. The first kappa shape index (κ1) is 8.37. The fourth-order valence-electron chi connectivity index (χ4n) is 0.178. The molecular weight excluding hydrogens is 123 g/mol. The van der Waals surface area contributed by atoms with Crippen molar-refractivity contribution in [2.75, 3.05) is 7.11 Å². The van der Waals surface area contributed by atoms with Gasteiger partial charge in [-0.05, 0) is 6.92 Å². The SMILES string of the molecule is CONO[CH](C)[AlH][NH2].